The fraction of sp³-hybridized carbons (Fsp3) is 0.0667. The molecule has 0 bridgehead atoms. The van der Waals surface area contributed by atoms with E-state index < -0.39 is 0 Å². The highest BCUT2D eigenvalue weighted by Gasteiger charge is 2.07. The molecule has 2 aromatic heterocycles. The summed E-state index contributed by atoms with van der Waals surface area (Å²) in [6.07, 6.45) is 3.50. The molecular formula is C15H11BrN2O. The van der Waals surface area contributed by atoms with Crippen LogP contribution in [0.25, 0.3) is 10.9 Å². The van der Waals surface area contributed by atoms with Gasteiger partial charge in [0.2, 0.25) is 5.88 Å². The lowest BCUT2D eigenvalue weighted by molar-refractivity contribution is 0.464. The molecule has 19 heavy (non-hydrogen) atoms. The first-order chi connectivity index (χ1) is 9.38. The Morgan fingerprint density at radius 2 is 1.79 bits per heavy atom. The Morgan fingerprint density at radius 1 is 0.947 bits per heavy atom. The Bertz CT molecular complexity index is 710. The number of alkyl halides is 1. The minimum Gasteiger partial charge on any atom is -0.438 e. The molecule has 0 N–H and O–H groups in total. The summed E-state index contributed by atoms with van der Waals surface area (Å²) in [5, 5.41) is 1.69. The van der Waals surface area contributed by atoms with Gasteiger partial charge in [-0.25, -0.2) is 4.98 Å². The molecule has 0 aliphatic carbocycles. The van der Waals surface area contributed by atoms with Crippen molar-refractivity contribution in [1.29, 1.82) is 0 Å². The van der Waals surface area contributed by atoms with Crippen LogP contribution in [0.2, 0.25) is 0 Å². The Kier molecular flexibility index (Phi) is 3.42. The smallest absolute Gasteiger partial charge is 0.223 e. The molecule has 1 aromatic carbocycles. The van der Waals surface area contributed by atoms with Crippen molar-refractivity contribution in [1.82, 2.24) is 9.97 Å². The third-order valence-electron chi connectivity index (χ3n) is 2.81. The van der Waals surface area contributed by atoms with E-state index in [1.54, 1.807) is 12.4 Å². The monoisotopic (exact) mass is 314 g/mol. The summed E-state index contributed by atoms with van der Waals surface area (Å²) in [6, 6.07) is 13.6. The van der Waals surface area contributed by atoms with Crippen LogP contribution in [0.5, 0.6) is 11.6 Å². The third kappa shape index (κ3) is 2.44. The predicted molar refractivity (Wildman–Crippen MR) is 78.7 cm³/mol. The van der Waals surface area contributed by atoms with Gasteiger partial charge in [0.1, 0.15) is 5.75 Å². The van der Waals surface area contributed by atoms with Gasteiger partial charge in [-0.05, 0) is 30.3 Å². The maximum absolute atomic E-state index is 5.93. The van der Waals surface area contributed by atoms with Gasteiger partial charge in [0.05, 0.1) is 5.52 Å². The van der Waals surface area contributed by atoms with Crippen molar-refractivity contribution < 1.29 is 4.74 Å². The largest absolute Gasteiger partial charge is 0.438 e. The van der Waals surface area contributed by atoms with Gasteiger partial charge in [0.15, 0.2) is 0 Å². The minimum absolute atomic E-state index is 0.621. The standard InChI is InChI=1S/C15H11BrN2O/c16-10-11-4-2-9-18-15(11)19-14-7-1-6-13-12(14)5-3-8-17-13/h1-9H,10H2. The maximum Gasteiger partial charge on any atom is 0.223 e. The topological polar surface area (TPSA) is 35.0 Å². The van der Waals surface area contributed by atoms with E-state index in [1.807, 2.05) is 42.5 Å². The molecule has 94 valence electrons. The number of nitrogens with zero attached hydrogens (tertiary/aromatic N) is 2. The normalized spacial score (nSPS) is 10.6. The lowest BCUT2D eigenvalue weighted by atomic mass is 10.2. The average Bonchev–Trinajstić information content (AvgIpc) is 2.48. The van der Waals surface area contributed by atoms with E-state index in [1.165, 1.54) is 0 Å². The highest BCUT2D eigenvalue weighted by atomic mass is 79.9. The molecule has 0 aliphatic heterocycles. The number of rotatable bonds is 3. The number of fused-ring (bicyclic) bond motifs is 1. The highest BCUT2D eigenvalue weighted by Crippen LogP contribution is 2.30. The van der Waals surface area contributed by atoms with E-state index in [4.69, 9.17) is 4.74 Å². The molecule has 0 spiro atoms. The fourth-order valence-electron chi connectivity index (χ4n) is 1.89. The molecule has 0 saturated heterocycles. The van der Waals surface area contributed by atoms with Crippen molar-refractivity contribution in [3.8, 4) is 11.6 Å². The van der Waals surface area contributed by atoms with E-state index in [2.05, 4.69) is 25.9 Å². The SMILES string of the molecule is BrCc1cccnc1Oc1cccc2ncccc12. The van der Waals surface area contributed by atoms with Crippen molar-refractivity contribution in [2.45, 2.75) is 5.33 Å². The van der Waals surface area contributed by atoms with Crippen LogP contribution in [0.4, 0.5) is 0 Å². The molecule has 0 aliphatic rings. The van der Waals surface area contributed by atoms with Crippen LogP contribution >= 0.6 is 15.9 Å². The number of ether oxygens (including phenoxy) is 1. The zero-order chi connectivity index (χ0) is 13.1. The zero-order valence-corrected chi connectivity index (χ0v) is 11.7. The van der Waals surface area contributed by atoms with E-state index in [0.29, 0.717) is 11.2 Å². The second kappa shape index (κ2) is 5.36. The molecule has 0 fully saturated rings. The van der Waals surface area contributed by atoms with Crippen molar-refractivity contribution in [3.63, 3.8) is 0 Å². The number of benzene rings is 1. The van der Waals surface area contributed by atoms with Crippen molar-refractivity contribution >= 4 is 26.8 Å². The summed E-state index contributed by atoms with van der Waals surface area (Å²) >= 11 is 3.44. The van der Waals surface area contributed by atoms with Gasteiger partial charge in [0, 0.05) is 28.7 Å². The summed E-state index contributed by atoms with van der Waals surface area (Å²) in [4.78, 5) is 8.60. The van der Waals surface area contributed by atoms with E-state index in [0.717, 1.165) is 22.2 Å². The molecule has 3 nitrogen and oxygen atoms in total. The number of aromatic nitrogens is 2. The van der Waals surface area contributed by atoms with Gasteiger partial charge in [0.25, 0.3) is 0 Å². The quantitative estimate of drug-likeness (QED) is 0.675. The van der Waals surface area contributed by atoms with Crippen LogP contribution in [0.1, 0.15) is 5.56 Å². The van der Waals surface area contributed by atoms with Crippen LogP contribution in [0.15, 0.2) is 54.9 Å². The molecule has 0 unspecified atom stereocenters. The second-order valence-corrected chi connectivity index (χ2v) is 4.59. The average molecular weight is 315 g/mol. The third-order valence-corrected chi connectivity index (χ3v) is 3.41. The summed E-state index contributed by atoms with van der Waals surface area (Å²) in [5.74, 6) is 1.39. The van der Waals surface area contributed by atoms with Gasteiger partial charge < -0.3 is 4.74 Å². The van der Waals surface area contributed by atoms with Gasteiger partial charge in [-0.3, -0.25) is 4.98 Å². The number of halogens is 1. The summed E-state index contributed by atoms with van der Waals surface area (Å²) in [6.45, 7) is 0. The molecule has 0 saturated carbocycles. The Labute approximate surface area is 119 Å². The lowest BCUT2D eigenvalue weighted by Crippen LogP contribution is -1.93. The minimum atomic E-state index is 0.621. The van der Waals surface area contributed by atoms with Gasteiger partial charge in [-0.2, -0.15) is 0 Å². The molecule has 0 radical (unpaired) electrons. The Balaban J connectivity index is 2.06. The molecule has 0 amide bonds. The van der Waals surface area contributed by atoms with Gasteiger partial charge >= 0.3 is 0 Å². The molecular weight excluding hydrogens is 304 g/mol. The van der Waals surface area contributed by atoms with Crippen molar-refractivity contribution in [2.75, 3.05) is 0 Å². The lowest BCUT2D eigenvalue weighted by Gasteiger charge is -2.10. The van der Waals surface area contributed by atoms with Crippen LogP contribution in [-0.2, 0) is 5.33 Å². The highest BCUT2D eigenvalue weighted by molar-refractivity contribution is 9.08. The summed E-state index contributed by atoms with van der Waals surface area (Å²) in [5.41, 5.74) is 1.93. The first-order valence-corrected chi connectivity index (χ1v) is 7.02. The zero-order valence-electron chi connectivity index (χ0n) is 10.1. The van der Waals surface area contributed by atoms with Crippen LogP contribution in [0, 0.1) is 0 Å². The van der Waals surface area contributed by atoms with E-state index in [9.17, 15) is 0 Å². The first-order valence-electron chi connectivity index (χ1n) is 5.90. The van der Waals surface area contributed by atoms with Crippen LogP contribution in [0.3, 0.4) is 0 Å². The van der Waals surface area contributed by atoms with Crippen LogP contribution in [-0.4, -0.2) is 9.97 Å². The van der Waals surface area contributed by atoms with Crippen molar-refractivity contribution in [3.05, 3.63) is 60.4 Å². The number of hydrogen-bond donors (Lipinski definition) is 0. The van der Waals surface area contributed by atoms with E-state index in [-0.39, 0.29) is 0 Å². The summed E-state index contributed by atoms with van der Waals surface area (Å²) in [7, 11) is 0. The number of hydrogen-bond acceptors (Lipinski definition) is 3. The Hall–Kier alpha value is -1.94. The number of pyridine rings is 2. The van der Waals surface area contributed by atoms with Gasteiger partial charge in [-0.15, -0.1) is 0 Å². The molecule has 4 heteroatoms. The molecule has 2 heterocycles. The van der Waals surface area contributed by atoms with Crippen LogP contribution < -0.4 is 4.74 Å². The fourth-order valence-corrected chi connectivity index (χ4v) is 2.31. The first kappa shape index (κ1) is 12.1. The van der Waals surface area contributed by atoms with Crippen molar-refractivity contribution in [2.24, 2.45) is 0 Å². The Morgan fingerprint density at radius 3 is 2.68 bits per heavy atom. The maximum atomic E-state index is 5.93. The van der Waals surface area contributed by atoms with Gasteiger partial charge in [-0.1, -0.05) is 28.1 Å². The predicted octanol–water partition coefficient (Wildman–Crippen LogP) is 4.32. The molecule has 3 aromatic rings. The molecule has 0 atom stereocenters. The second-order valence-electron chi connectivity index (χ2n) is 4.03. The molecule has 3 rings (SSSR count). The summed E-state index contributed by atoms with van der Waals surface area (Å²) < 4.78 is 5.93. The van der Waals surface area contributed by atoms with E-state index >= 15 is 0 Å².